The highest BCUT2D eigenvalue weighted by Crippen LogP contribution is 2.29. The first-order valence-electron chi connectivity index (χ1n) is 10.3. The minimum Gasteiger partial charge on any atom is -0.490 e. The number of hydrogen-bond acceptors (Lipinski definition) is 5. The summed E-state index contributed by atoms with van der Waals surface area (Å²) >= 11 is 0. The molecule has 2 aromatic rings. The van der Waals surface area contributed by atoms with Crippen molar-refractivity contribution in [2.24, 2.45) is 0 Å². The molecule has 0 bridgehead atoms. The Morgan fingerprint density at radius 1 is 0.964 bits per heavy atom. The van der Waals surface area contributed by atoms with Crippen LogP contribution in [0.4, 0.5) is 0 Å². The molecular formula is C23H32N2O3. The second-order valence-electron chi connectivity index (χ2n) is 6.97. The van der Waals surface area contributed by atoms with Crippen LogP contribution >= 0.6 is 0 Å². The van der Waals surface area contributed by atoms with Crippen molar-refractivity contribution >= 4 is 0 Å². The zero-order valence-corrected chi connectivity index (χ0v) is 16.9. The van der Waals surface area contributed by atoms with Gasteiger partial charge in [-0.3, -0.25) is 4.90 Å². The van der Waals surface area contributed by atoms with Gasteiger partial charge in [-0.25, -0.2) is 0 Å². The second kappa shape index (κ2) is 11.7. The van der Waals surface area contributed by atoms with Gasteiger partial charge < -0.3 is 19.5 Å². The molecule has 1 aliphatic rings. The summed E-state index contributed by atoms with van der Waals surface area (Å²) in [5.41, 5.74) is 2.36. The zero-order chi connectivity index (χ0) is 19.4. The first kappa shape index (κ1) is 20.6. The molecule has 1 heterocycles. The number of morpholine rings is 1. The van der Waals surface area contributed by atoms with E-state index in [-0.39, 0.29) is 0 Å². The number of nitrogens with zero attached hydrogens (tertiary/aromatic N) is 1. The maximum Gasteiger partial charge on any atom is 0.161 e. The summed E-state index contributed by atoms with van der Waals surface area (Å²) < 4.78 is 17.2. The summed E-state index contributed by atoms with van der Waals surface area (Å²) in [4.78, 5) is 2.47. The molecule has 2 aromatic carbocycles. The van der Waals surface area contributed by atoms with Crippen LogP contribution in [0.1, 0.15) is 24.5 Å². The van der Waals surface area contributed by atoms with Gasteiger partial charge in [0.2, 0.25) is 0 Å². The van der Waals surface area contributed by atoms with E-state index in [9.17, 15) is 0 Å². The van der Waals surface area contributed by atoms with Gasteiger partial charge >= 0.3 is 0 Å². The Labute approximate surface area is 168 Å². The van der Waals surface area contributed by atoms with Crippen LogP contribution in [0.2, 0.25) is 0 Å². The van der Waals surface area contributed by atoms with Crippen molar-refractivity contribution in [3.05, 3.63) is 59.7 Å². The first-order chi connectivity index (χ1) is 13.8. The van der Waals surface area contributed by atoms with Crippen LogP contribution in [0.3, 0.4) is 0 Å². The summed E-state index contributed by atoms with van der Waals surface area (Å²) in [6.07, 6.45) is 1.15. The third-order valence-electron chi connectivity index (χ3n) is 4.81. The maximum absolute atomic E-state index is 5.98. The molecule has 0 aliphatic carbocycles. The Kier molecular flexibility index (Phi) is 8.62. The Hall–Kier alpha value is -2.08. The first-order valence-corrected chi connectivity index (χ1v) is 10.3. The molecule has 0 aromatic heterocycles. The van der Waals surface area contributed by atoms with Crippen molar-refractivity contribution in [3.8, 4) is 11.5 Å². The molecule has 5 nitrogen and oxygen atoms in total. The van der Waals surface area contributed by atoms with Gasteiger partial charge in [0.1, 0.15) is 6.61 Å². The van der Waals surface area contributed by atoms with Crippen LogP contribution in [0.15, 0.2) is 48.5 Å². The molecule has 0 radical (unpaired) electrons. The van der Waals surface area contributed by atoms with Crippen LogP contribution in [0.25, 0.3) is 0 Å². The van der Waals surface area contributed by atoms with Gasteiger partial charge in [-0.2, -0.15) is 0 Å². The third-order valence-corrected chi connectivity index (χ3v) is 4.81. The lowest BCUT2D eigenvalue weighted by atomic mass is 10.2. The van der Waals surface area contributed by atoms with Crippen LogP contribution in [-0.2, 0) is 17.9 Å². The van der Waals surface area contributed by atoms with Gasteiger partial charge in [-0.05, 0) is 49.7 Å². The molecule has 0 amide bonds. The van der Waals surface area contributed by atoms with E-state index in [2.05, 4.69) is 34.5 Å². The maximum atomic E-state index is 5.98. The molecule has 0 unspecified atom stereocenters. The summed E-state index contributed by atoms with van der Waals surface area (Å²) in [5, 5.41) is 3.53. The van der Waals surface area contributed by atoms with Gasteiger partial charge in [0.05, 0.1) is 19.8 Å². The summed E-state index contributed by atoms with van der Waals surface area (Å²) in [6, 6.07) is 16.4. The topological polar surface area (TPSA) is 43.0 Å². The van der Waals surface area contributed by atoms with E-state index < -0.39 is 0 Å². The lowest BCUT2D eigenvalue weighted by Gasteiger charge is -2.26. The molecule has 0 spiro atoms. The van der Waals surface area contributed by atoms with Crippen LogP contribution < -0.4 is 14.8 Å². The largest absolute Gasteiger partial charge is 0.490 e. The Balaban J connectivity index is 1.44. The van der Waals surface area contributed by atoms with Crippen molar-refractivity contribution in [2.45, 2.75) is 26.5 Å². The van der Waals surface area contributed by atoms with E-state index in [0.29, 0.717) is 13.2 Å². The standard InChI is InChI=1S/C23H32N2O3/c1-2-27-23-17-21(18-24-11-6-12-25-13-15-26-16-14-25)9-10-22(23)28-19-20-7-4-3-5-8-20/h3-5,7-10,17,24H,2,6,11-16,18-19H2,1H3. The predicted octanol–water partition coefficient (Wildman–Crippen LogP) is 3.48. The third kappa shape index (κ3) is 6.82. The minimum atomic E-state index is 0.542. The SMILES string of the molecule is CCOc1cc(CNCCCN2CCOCC2)ccc1OCc1ccccc1. The van der Waals surface area contributed by atoms with Crippen molar-refractivity contribution in [1.29, 1.82) is 0 Å². The second-order valence-corrected chi connectivity index (χ2v) is 6.97. The monoisotopic (exact) mass is 384 g/mol. The van der Waals surface area contributed by atoms with Crippen LogP contribution in [-0.4, -0.2) is 50.9 Å². The molecule has 0 atom stereocenters. The average Bonchev–Trinajstić information content (AvgIpc) is 2.74. The van der Waals surface area contributed by atoms with Gasteiger partial charge in [0.25, 0.3) is 0 Å². The summed E-state index contributed by atoms with van der Waals surface area (Å²) in [6.45, 7) is 9.99. The molecule has 152 valence electrons. The highest BCUT2D eigenvalue weighted by molar-refractivity contribution is 5.43. The molecule has 3 rings (SSSR count). The van der Waals surface area contributed by atoms with Gasteiger partial charge in [-0.15, -0.1) is 0 Å². The number of ether oxygens (including phenoxy) is 3. The average molecular weight is 385 g/mol. The van der Waals surface area contributed by atoms with Crippen molar-refractivity contribution in [2.75, 3.05) is 46.0 Å². The van der Waals surface area contributed by atoms with Crippen molar-refractivity contribution in [1.82, 2.24) is 10.2 Å². The summed E-state index contributed by atoms with van der Waals surface area (Å²) in [7, 11) is 0. The molecular weight excluding hydrogens is 352 g/mol. The fourth-order valence-corrected chi connectivity index (χ4v) is 3.27. The molecule has 0 saturated carbocycles. The predicted molar refractivity (Wildman–Crippen MR) is 112 cm³/mol. The van der Waals surface area contributed by atoms with Crippen LogP contribution in [0, 0.1) is 0 Å². The fourth-order valence-electron chi connectivity index (χ4n) is 3.27. The Morgan fingerprint density at radius 2 is 1.79 bits per heavy atom. The summed E-state index contributed by atoms with van der Waals surface area (Å²) in [5.74, 6) is 1.60. The van der Waals surface area contributed by atoms with Crippen LogP contribution in [0.5, 0.6) is 11.5 Å². The normalized spacial score (nSPS) is 14.8. The number of rotatable bonds is 11. The van der Waals surface area contributed by atoms with E-state index >= 15 is 0 Å². The van der Waals surface area contributed by atoms with E-state index in [1.165, 1.54) is 5.56 Å². The van der Waals surface area contributed by atoms with Gasteiger partial charge in [-0.1, -0.05) is 36.4 Å². The lowest BCUT2D eigenvalue weighted by molar-refractivity contribution is 0.0374. The molecule has 1 saturated heterocycles. The van der Waals surface area contributed by atoms with E-state index in [0.717, 1.165) is 69.4 Å². The number of nitrogens with one attached hydrogen (secondary N) is 1. The quantitative estimate of drug-likeness (QED) is 0.601. The minimum absolute atomic E-state index is 0.542. The van der Waals surface area contributed by atoms with Gasteiger partial charge in [0.15, 0.2) is 11.5 Å². The Morgan fingerprint density at radius 3 is 2.57 bits per heavy atom. The number of benzene rings is 2. The molecule has 1 fully saturated rings. The molecule has 28 heavy (non-hydrogen) atoms. The molecule has 1 aliphatic heterocycles. The molecule has 5 heteroatoms. The smallest absolute Gasteiger partial charge is 0.161 e. The highest BCUT2D eigenvalue weighted by Gasteiger charge is 2.10. The van der Waals surface area contributed by atoms with E-state index in [4.69, 9.17) is 14.2 Å². The lowest BCUT2D eigenvalue weighted by Crippen LogP contribution is -2.37. The van der Waals surface area contributed by atoms with E-state index in [1.54, 1.807) is 0 Å². The highest BCUT2D eigenvalue weighted by atomic mass is 16.5. The van der Waals surface area contributed by atoms with Crippen molar-refractivity contribution < 1.29 is 14.2 Å². The molecule has 1 N–H and O–H groups in total. The zero-order valence-electron chi connectivity index (χ0n) is 16.9. The van der Waals surface area contributed by atoms with Crippen molar-refractivity contribution in [3.63, 3.8) is 0 Å². The Bertz CT molecular complexity index is 688. The van der Waals surface area contributed by atoms with E-state index in [1.807, 2.05) is 31.2 Å². The number of hydrogen-bond donors (Lipinski definition) is 1. The van der Waals surface area contributed by atoms with Gasteiger partial charge in [0, 0.05) is 19.6 Å². The fraction of sp³-hybridized carbons (Fsp3) is 0.478.